The van der Waals surface area contributed by atoms with Crippen LogP contribution in [0.4, 0.5) is 5.13 Å². The van der Waals surface area contributed by atoms with Crippen LogP contribution in [-0.2, 0) is 14.6 Å². The van der Waals surface area contributed by atoms with Crippen molar-refractivity contribution >= 4 is 32.2 Å². The van der Waals surface area contributed by atoms with E-state index in [9.17, 15) is 18.0 Å². The number of amides is 1. The molecule has 1 saturated carbocycles. The largest absolute Gasteiger partial charge is 0.300 e. The summed E-state index contributed by atoms with van der Waals surface area (Å²) >= 11 is 1.35. The van der Waals surface area contributed by atoms with Crippen LogP contribution in [0.3, 0.4) is 0 Å². The summed E-state index contributed by atoms with van der Waals surface area (Å²) in [5, 5.41) is 5.21. The number of hydrogen-bond acceptors (Lipinski definition) is 6. The molecule has 1 aliphatic carbocycles. The Bertz CT molecular complexity index is 1320. The lowest BCUT2D eigenvalue weighted by Crippen LogP contribution is -2.36. The van der Waals surface area contributed by atoms with Crippen LogP contribution >= 0.6 is 11.3 Å². The Morgan fingerprint density at radius 1 is 1.14 bits per heavy atom. The van der Waals surface area contributed by atoms with Crippen molar-refractivity contribution in [1.29, 1.82) is 0 Å². The number of carbonyl (C=O) groups excluding carboxylic acids is 1. The highest BCUT2D eigenvalue weighted by Crippen LogP contribution is 2.32. The van der Waals surface area contributed by atoms with E-state index in [1.54, 1.807) is 47.3 Å². The first-order valence-corrected chi connectivity index (χ1v) is 14.6. The lowest BCUT2D eigenvalue weighted by atomic mass is 9.84. The number of aromatic nitrogens is 2. The van der Waals surface area contributed by atoms with E-state index in [1.165, 1.54) is 23.8 Å². The molecular formula is C26H31N3O4S2. The third kappa shape index (κ3) is 5.90. The van der Waals surface area contributed by atoms with Crippen molar-refractivity contribution in [3.63, 3.8) is 0 Å². The van der Waals surface area contributed by atoms with Gasteiger partial charge in [-0.3, -0.25) is 9.59 Å². The second-order valence-electron chi connectivity index (χ2n) is 9.10. The fourth-order valence-electron chi connectivity index (χ4n) is 4.84. The number of aryl methyl sites for hydroxylation is 1. The average molecular weight is 514 g/mol. The van der Waals surface area contributed by atoms with E-state index in [4.69, 9.17) is 0 Å². The summed E-state index contributed by atoms with van der Waals surface area (Å²) in [6, 6.07) is 9.37. The van der Waals surface area contributed by atoms with Gasteiger partial charge in [0, 0.05) is 23.3 Å². The van der Waals surface area contributed by atoms with Crippen LogP contribution in [0.5, 0.6) is 0 Å². The molecule has 1 atom stereocenters. The fraction of sp³-hybridized carbons (Fsp3) is 0.423. The molecule has 2 aromatic heterocycles. The first kappa shape index (κ1) is 25.3. The lowest BCUT2D eigenvalue weighted by molar-refractivity contribution is -0.120. The van der Waals surface area contributed by atoms with Gasteiger partial charge in [-0.1, -0.05) is 51.2 Å². The number of hydrogen-bond donors (Lipinski definition) is 1. The maximum atomic E-state index is 13.4. The molecule has 1 fully saturated rings. The number of nitrogens with zero attached hydrogens (tertiary/aromatic N) is 2. The van der Waals surface area contributed by atoms with E-state index in [0.29, 0.717) is 28.7 Å². The summed E-state index contributed by atoms with van der Waals surface area (Å²) in [4.78, 5) is 31.1. The van der Waals surface area contributed by atoms with E-state index >= 15 is 0 Å². The Kier molecular flexibility index (Phi) is 7.86. The van der Waals surface area contributed by atoms with Crippen molar-refractivity contribution in [3.8, 4) is 11.1 Å². The zero-order chi connectivity index (χ0) is 25.0. The molecule has 1 aromatic carbocycles. The van der Waals surface area contributed by atoms with Gasteiger partial charge in [0.1, 0.15) is 6.04 Å². The Balaban J connectivity index is 1.66. The standard InChI is InChI=1S/C26H31N3O4S2/c1-3-35(32,33)22-11-9-20(10-12-22)21-15-18(2)29(24(30)17-21)23(16-19-7-5-4-6-8-19)25(31)28-26-27-13-14-34-26/h9-15,17,19,23H,3-8,16H2,1-2H3,(H,27,28,31). The SMILES string of the molecule is CCS(=O)(=O)c1ccc(-c2cc(C)n(C(CC3CCCCC3)C(=O)Nc3nccs3)c(=O)c2)cc1. The van der Waals surface area contributed by atoms with Gasteiger partial charge in [0.15, 0.2) is 15.0 Å². The van der Waals surface area contributed by atoms with E-state index in [1.807, 2.05) is 13.0 Å². The number of thiazole rings is 1. The highest BCUT2D eigenvalue weighted by molar-refractivity contribution is 7.91. The van der Waals surface area contributed by atoms with Crippen molar-refractivity contribution in [1.82, 2.24) is 9.55 Å². The third-order valence-corrected chi connectivity index (χ3v) is 9.18. The van der Waals surface area contributed by atoms with E-state index in [0.717, 1.165) is 31.2 Å². The fourth-order valence-corrected chi connectivity index (χ4v) is 6.26. The number of carbonyl (C=O) groups is 1. The quantitative estimate of drug-likeness (QED) is 0.445. The van der Waals surface area contributed by atoms with Gasteiger partial charge in [0.05, 0.1) is 10.6 Å². The van der Waals surface area contributed by atoms with Crippen LogP contribution in [0.1, 0.15) is 57.2 Å². The van der Waals surface area contributed by atoms with Gasteiger partial charge in [-0.05, 0) is 48.6 Å². The van der Waals surface area contributed by atoms with Gasteiger partial charge in [-0.2, -0.15) is 0 Å². The number of sulfone groups is 1. The Hall–Kier alpha value is -2.78. The first-order chi connectivity index (χ1) is 16.8. The summed E-state index contributed by atoms with van der Waals surface area (Å²) in [6.45, 7) is 3.45. The monoisotopic (exact) mass is 513 g/mol. The molecule has 2 heterocycles. The first-order valence-electron chi connectivity index (χ1n) is 12.0. The Morgan fingerprint density at radius 2 is 1.86 bits per heavy atom. The highest BCUT2D eigenvalue weighted by Gasteiger charge is 2.28. The second-order valence-corrected chi connectivity index (χ2v) is 12.3. The molecule has 35 heavy (non-hydrogen) atoms. The minimum absolute atomic E-state index is 0.0347. The molecule has 0 spiro atoms. The smallest absolute Gasteiger partial charge is 0.252 e. The average Bonchev–Trinajstić information content (AvgIpc) is 3.36. The molecule has 4 rings (SSSR count). The molecule has 3 aromatic rings. The number of rotatable bonds is 8. The Labute approximate surface area is 210 Å². The maximum Gasteiger partial charge on any atom is 0.252 e. The van der Waals surface area contributed by atoms with Crippen molar-refractivity contribution in [2.45, 2.75) is 63.3 Å². The van der Waals surface area contributed by atoms with Crippen LogP contribution < -0.4 is 10.9 Å². The maximum absolute atomic E-state index is 13.4. The molecule has 0 radical (unpaired) electrons. The molecule has 186 valence electrons. The van der Waals surface area contributed by atoms with E-state index < -0.39 is 15.9 Å². The van der Waals surface area contributed by atoms with Gasteiger partial charge >= 0.3 is 0 Å². The van der Waals surface area contributed by atoms with Gasteiger partial charge < -0.3 is 9.88 Å². The minimum Gasteiger partial charge on any atom is -0.300 e. The molecule has 7 nitrogen and oxygen atoms in total. The normalized spacial score (nSPS) is 15.6. The van der Waals surface area contributed by atoms with Gasteiger partial charge in [0.25, 0.3) is 5.56 Å². The zero-order valence-corrected chi connectivity index (χ0v) is 21.7. The van der Waals surface area contributed by atoms with E-state index in [-0.39, 0.29) is 22.1 Å². The predicted molar refractivity (Wildman–Crippen MR) is 140 cm³/mol. The van der Waals surface area contributed by atoms with Crippen LogP contribution in [0, 0.1) is 12.8 Å². The van der Waals surface area contributed by atoms with Crippen LogP contribution in [0.25, 0.3) is 11.1 Å². The number of benzene rings is 1. The van der Waals surface area contributed by atoms with Crippen molar-refractivity contribution in [2.75, 3.05) is 11.1 Å². The predicted octanol–water partition coefficient (Wildman–Crippen LogP) is 5.22. The van der Waals surface area contributed by atoms with Gasteiger partial charge in [0.2, 0.25) is 5.91 Å². The topological polar surface area (TPSA) is 98.1 Å². The minimum atomic E-state index is -3.29. The van der Waals surface area contributed by atoms with Crippen molar-refractivity contribution in [2.24, 2.45) is 5.92 Å². The van der Waals surface area contributed by atoms with Gasteiger partial charge in [-0.25, -0.2) is 13.4 Å². The number of pyridine rings is 1. The molecule has 0 saturated heterocycles. The summed E-state index contributed by atoms with van der Waals surface area (Å²) in [6.07, 6.45) is 7.92. The molecule has 1 amide bonds. The molecule has 9 heteroatoms. The summed E-state index contributed by atoms with van der Waals surface area (Å²) in [5.41, 5.74) is 1.89. The molecule has 0 bridgehead atoms. The van der Waals surface area contributed by atoms with Crippen LogP contribution in [0.15, 0.2) is 57.7 Å². The Morgan fingerprint density at radius 3 is 2.46 bits per heavy atom. The number of anilines is 1. The molecule has 1 unspecified atom stereocenters. The summed E-state index contributed by atoms with van der Waals surface area (Å²) in [7, 11) is -3.29. The van der Waals surface area contributed by atoms with Gasteiger partial charge in [-0.15, -0.1) is 11.3 Å². The van der Waals surface area contributed by atoms with Crippen molar-refractivity contribution in [3.05, 3.63) is 64.0 Å². The van der Waals surface area contributed by atoms with Crippen LogP contribution in [0.2, 0.25) is 0 Å². The molecule has 1 N–H and O–H groups in total. The molecule has 0 aliphatic heterocycles. The third-order valence-electron chi connectivity index (χ3n) is 6.75. The summed E-state index contributed by atoms with van der Waals surface area (Å²) in [5.74, 6) is 0.208. The molecule has 1 aliphatic rings. The van der Waals surface area contributed by atoms with Crippen molar-refractivity contribution < 1.29 is 13.2 Å². The number of nitrogens with one attached hydrogen (secondary N) is 1. The highest BCUT2D eigenvalue weighted by atomic mass is 32.2. The lowest BCUT2D eigenvalue weighted by Gasteiger charge is -2.28. The molecular weight excluding hydrogens is 482 g/mol. The van der Waals surface area contributed by atoms with Crippen LogP contribution in [-0.4, -0.2) is 29.6 Å². The second kappa shape index (κ2) is 10.9. The summed E-state index contributed by atoms with van der Waals surface area (Å²) < 4.78 is 25.8. The zero-order valence-electron chi connectivity index (χ0n) is 20.1. The van der Waals surface area contributed by atoms with E-state index in [2.05, 4.69) is 10.3 Å².